The number of anilines is 1. The summed E-state index contributed by atoms with van der Waals surface area (Å²) in [6.07, 6.45) is 4.88. The highest BCUT2D eigenvalue weighted by Gasteiger charge is 2.20. The summed E-state index contributed by atoms with van der Waals surface area (Å²) in [6.45, 7) is 8.23. The van der Waals surface area contributed by atoms with E-state index in [1.54, 1.807) is 7.11 Å². The molecule has 0 aliphatic carbocycles. The van der Waals surface area contributed by atoms with Crippen LogP contribution in [0.5, 0.6) is 0 Å². The lowest BCUT2D eigenvalue weighted by atomic mass is 9.93. The molecule has 0 bridgehead atoms. The highest BCUT2D eigenvalue weighted by atomic mass is 16.5. The molecule has 110 valence electrons. The van der Waals surface area contributed by atoms with Gasteiger partial charge in [-0.1, -0.05) is 13.8 Å². The van der Waals surface area contributed by atoms with Crippen molar-refractivity contribution >= 4 is 5.95 Å². The van der Waals surface area contributed by atoms with Gasteiger partial charge < -0.3 is 19.5 Å². The summed E-state index contributed by atoms with van der Waals surface area (Å²) in [6, 6.07) is 0. The molecule has 5 nitrogen and oxygen atoms in total. The number of aromatic nitrogens is 2. The minimum atomic E-state index is 0.215. The van der Waals surface area contributed by atoms with Gasteiger partial charge >= 0.3 is 0 Å². The maximum Gasteiger partial charge on any atom is 0.202 e. The third-order valence-corrected chi connectivity index (χ3v) is 2.87. The molecule has 1 rings (SSSR count). The first-order chi connectivity index (χ1) is 8.94. The van der Waals surface area contributed by atoms with Gasteiger partial charge in [0.1, 0.15) is 0 Å². The van der Waals surface area contributed by atoms with Crippen LogP contribution in [-0.4, -0.2) is 55.4 Å². The average Bonchev–Trinajstić information content (AvgIpc) is 2.69. The number of nitrogens with zero attached hydrogens (tertiary/aromatic N) is 3. The maximum atomic E-state index is 5.04. The number of hydrogen-bond acceptors (Lipinski definition) is 4. The second kappa shape index (κ2) is 7.50. The van der Waals surface area contributed by atoms with Crippen LogP contribution in [0, 0.1) is 5.41 Å². The number of imidazole rings is 1. The fourth-order valence-corrected chi connectivity index (χ4v) is 2.39. The van der Waals surface area contributed by atoms with Crippen LogP contribution in [0.1, 0.15) is 20.3 Å². The van der Waals surface area contributed by atoms with Gasteiger partial charge in [-0.2, -0.15) is 0 Å². The Labute approximate surface area is 117 Å². The molecule has 19 heavy (non-hydrogen) atoms. The minimum absolute atomic E-state index is 0.215. The molecule has 0 aromatic carbocycles. The fourth-order valence-electron chi connectivity index (χ4n) is 2.39. The first-order valence-electron chi connectivity index (χ1n) is 6.83. The van der Waals surface area contributed by atoms with Crippen molar-refractivity contribution in [1.82, 2.24) is 14.5 Å². The third-order valence-electron chi connectivity index (χ3n) is 2.87. The van der Waals surface area contributed by atoms with Gasteiger partial charge in [0, 0.05) is 45.7 Å². The summed E-state index contributed by atoms with van der Waals surface area (Å²) in [5.41, 5.74) is 0.215. The van der Waals surface area contributed by atoms with Gasteiger partial charge in [0.25, 0.3) is 0 Å². The normalized spacial score (nSPS) is 12.1. The van der Waals surface area contributed by atoms with Crippen LogP contribution in [0.25, 0.3) is 0 Å². The lowest BCUT2D eigenvalue weighted by Crippen LogP contribution is -2.32. The molecule has 1 N–H and O–H groups in total. The molecule has 1 aromatic heterocycles. The van der Waals surface area contributed by atoms with E-state index in [9.17, 15) is 0 Å². The zero-order valence-electron chi connectivity index (χ0n) is 12.9. The van der Waals surface area contributed by atoms with E-state index < -0.39 is 0 Å². The van der Waals surface area contributed by atoms with Crippen LogP contribution in [0.4, 0.5) is 5.95 Å². The van der Waals surface area contributed by atoms with Gasteiger partial charge in [-0.25, -0.2) is 4.98 Å². The predicted molar refractivity (Wildman–Crippen MR) is 79.5 cm³/mol. The lowest BCUT2D eigenvalue weighted by molar-refractivity contribution is 0.197. The monoisotopic (exact) mass is 268 g/mol. The van der Waals surface area contributed by atoms with E-state index in [1.165, 1.54) is 0 Å². The number of hydrogen-bond donors (Lipinski definition) is 1. The van der Waals surface area contributed by atoms with Gasteiger partial charge in [0.05, 0.1) is 0 Å². The van der Waals surface area contributed by atoms with Crippen LogP contribution < -0.4 is 5.32 Å². The van der Waals surface area contributed by atoms with Crippen LogP contribution in [-0.2, 0) is 11.3 Å². The summed E-state index contributed by atoms with van der Waals surface area (Å²) >= 11 is 0. The molecule has 0 spiro atoms. The quantitative estimate of drug-likeness (QED) is 0.695. The topological polar surface area (TPSA) is 42.3 Å². The van der Waals surface area contributed by atoms with Crippen molar-refractivity contribution in [1.29, 1.82) is 0 Å². The summed E-state index contributed by atoms with van der Waals surface area (Å²) in [5, 5.41) is 3.36. The van der Waals surface area contributed by atoms with Crippen LogP contribution in [0.2, 0.25) is 0 Å². The Morgan fingerprint density at radius 3 is 2.79 bits per heavy atom. The molecule has 0 saturated carbocycles. The second-order valence-corrected chi connectivity index (χ2v) is 6.05. The first-order valence-corrected chi connectivity index (χ1v) is 6.83. The lowest BCUT2D eigenvalue weighted by Gasteiger charge is -2.29. The summed E-state index contributed by atoms with van der Waals surface area (Å²) in [5.74, 6) is 0.947. The first kappa shape index (κ1) is 16.0. The zero-order valence-corrected chi connectivity index (χ0v) is 12.9. The van der Waals surface area contributed by atoms with Crippen molar-refractivity contribution in [3.05, 3.63) is 12.4 Å². The summed E-state index contributed by atoms with van der Waals surface area (Å²) in [7, 11) is 5.95. The molecule has 0 unspecified atom stereocenters. The number of ether oxygens (including phenoxy) is 1. The van der Waals surface area contributed by atoms with E-state index in [2.05, 4.69) is 47.7 Å². The molecule has 0 radical (unpaired) electrons. The van der Waals surface area contributed by atoms with E-state index in [0.717, 1.165) is 38.6 Å². The van der Waals surface area contributed by atoms with E-state index in [0.29, 0.717) is 0 Å². The van der Waals surface area contributed by atoms with Gasteiger partial charge in [0.15, 0.2) is 0 Å². The van der Waals surface area contributed by atoms with Crippen LogP contribution in [0.3, 0.4) is 0 Å². The van der Waals surface area contributed by atoms with Crippen molar-refractivity contribution in [2.75, 3.05) is 46.2 Å². The Morgan fingerprint density at radius 2 is 2.16 bits per heavy atom. The number of rotatable bonds is 9. The summed E-state index contributed by atoms with van der Waals surface area (Å²) in [4.78, 5) is 6.60. The van der Waals surface area contributed by atoms with Crippen molar-refractivity contribution < 1.29 is 4.74 Å². The molecular formula is C14H28N4O. The Morgan fingerprint density at radius 1 is 1.42 bits per heavy atom. The molecule has 0 amide bonds. The molecule has 0 saturated heterocycles. The Hall–Kier alpha value is -1.07. The molecule has 1 heterocycles. The van der Waals surface area contributed by atoms with Gasteiger partial charge in [0.2, 0.25) is 5.95 Å². The van der Waals surface area contributed by atoms with Crippen LogP contribution >= 0.6 is 0 Å². The smallest absolute Gasteiger partial charge is 0.202 e. The molecule has 0 fully saturated rings. The third kappa shape index (κ3) is 6.07. The highest BCUT2D eigenvalue weighted by Crippen LogP contribution is 2.21. The molecule has 0 aliphatic heterocycles. The summed E-state index contributed by atoms with van der Waals surface area (Å²) < 4.78 is 7.23. The van der Waals surface area contributed by atoms with Crippen molar-refractivity contribution in [3.8, 4) is 0 Å². The van der Waals surface area contributed by atoms with Gasteiger partial charge in [-0.15, -0.1) is 0 Å². The fraction of sp³-hybridized carbons (Fsp3) is 0.786. The van der Waals surface area contributed by atoms with Crippen LogP contribution in [0.15, 0.2) is 12.4 Å². The Balaban J connectivity index is 2.52. The van der Waals surface area contributed by atoms with Crippen molar-refractivity contribution in [2.24, 2.45) is 5.41 Å². The minimum Gasteiger partial charge on any atom is -0.385 e. The molecule has 0 atom stereocenters. The van der Waals surface area contributed by atoms with Gasteiger partial charge in [-0.05, 0) is 25.9 Å². The van der Waals surface area contributed by atoms with Gasteiger partial charge in [-0.3, -0.25) is 0 Å². The predicted octanol–water partition coefficient (Wildman–Crippen LogP) is 1.92. The molecular weight excluding hydrogens is 240 g/mol. The van der Waals surface area contributed by atoms with Crippen molar-refractivity contribution in [2.45, 2.75) is 26.8 Å². The largest absolute Gasteiger partial charge is 0.385 e. The van der Waals surface area contributed by atoms with E-state index in [-0.39, 0.29) is 5.41 Å². The number of nitrogens with one attached hydrogen (secondary N) is 1. The molecule has 5 heteroatoms. The maximum absolute atomic E-state index is 5.04. The Kier molecular flexibility index (Phi) is 6.31. The molecule has 0 aliphatic rings. The standard InChI is InChI=1S/C14H28N4O/c1-14(2,11-17(3)4)12-18-9-8-16-13(18)15-7-6-10-19-5/h8-9H,6-7,10-12H2,1-5H3,(H,15,16). The molecule has 1 aromatic rings. The zero-order chi connectivity index (χ0) is 14.3. The SMILES string of the molecule is COCCCNc1nccn1CC(C)(C)CN(C)C. The Bertz CT molecular complexity index is 360. The second-order valence-electron chi connectivity index (χ2n) is 6.05. The van der Waals surface area contributed by atoms with E-state index in [1.807, 2.05) is 12.4 Å². The highest BCUT2D eigenvalue weighted by molar-refractivity contribution is 5.25. The average molecular weight is 268 g/mol. The van der Waals surface area contributed by atoms with Crippen molar-refractivity contribution in [3.63, 3.8) is 0 Å². The number of methoxy groups -OCH3 is 1. The van der Waals surface area contributed by atoms with E-state index >= 15 is 0 Å². The van der Waals surface area contributed by atoms with E-state index in [4.69, 9.17) is 4.74 Å².